The van der Waals surface area contributed by atoms with Crippen LogP contribution in [0.15, 0.2) is 68.5 Å². The number of rotatable bonds is 5. The van der Waals surface area contributed by atoms with Crippen LogP contribution in [0.2, 0.25) is 0 Å². The van der Waals surface area contributed by atoms with E-state index in [0.717, 1.165) is 12.4 Å². The van der Waals surface area contributed by atoms with Crippen molar-refractivity contribution in [2.75, 3.05) is 0 Å². The predicted octanol–water partition coefficient (Wildman–Crippen LogP) is 1.63. The van der Waals surface area contributed by atoms with E-state index in [4.69, 9.17) is 9.11 Å². The Kier molecular flexibility index (Phi) is 5.24. The van der Waals surface area contributed by atoms with Gasteiger partial charge in [0.2, 0.25) is 0 Å². The fourth-order valence-corrected chi connectivity index (χ4v) is 3.17. The minimum absolute atomic E-state index is 0.111. The molecule has 0 fully saturated rings. The molecule has 0 aliphatic rings. The molecular formula is C14H12N2O6S2. The van der Waals surface area contributed by atoms with Crippen molar-refractivity contribution in [2.24, 2.45) is 10.2 Å². The highest BCUT2D eigenvalue weighted by molar-refractivity contribution is 7.86. The molecule has 2 N–H and O–H groups in total. The Labute approximate surface area is 138 Å². The van der Waals surface area contributed by atoms with Gasteiger partial charge in [0, 0.05) is 11.1 Å². The second-order valence-corrected chi connectivity index (χ2v) is 7.29. The summed E-state index contributed by atoms with van der Waals surface area (Å²) in [7, 11) is -8.81. The van der Waals surface area contributed by atoms with Gasteiger partial charge in [0.15, 0.2) is 0 Å². The molecular weight excluding hydrogens is 356 g/mol. The monoisotopic (exact) mass is 368 g/mol. The molecule has 0 radical (unpaired) electrons. The number of hydrogen-bond acceptors (Lipinski definition) is 6. The van der Waals surface area contributed by atoms with E-state index in [1.807, 2.05) is 0 Å². The van der Waals surface area contributed by atoms with Gasteiger partial charge in [-0.05, 0) is 12.1 Å². The minimum atomic E-state index is -4.40. The van der Waals surface area contributed by atoms with E-state index < -0.39 is 20.2 Å². The zero-order valence-electron chi connectivity index (χ0n) is 12.0. The lowest BCUT2D eigenvalue weighted by atomic mass is 10.2. The average Bonchev–Trinajstić information content (AvgIpc) is 2.50. The van der Waals surface area contributed by atoms with Crippen LogP contribution in [0, 0.1) is 0 Å². The maximum absolute atomic E-state index is 11.2. The van der Waals surface area contributed by atoms with Crippen LogP contribution in [0.3, 0.4) is 0 Å². The molecule has 2 rings (SSSR count). The second kappa shape index (κ2) is 7.01. The molecule has 126 valence electrons. The molecule has 24 heavy (non-hydrogen) atoms. The summed E-state index contributed by atoms with van der Waals surface area (Å²) >= 11 is 0. The number of benzene rings is 2. The van der Waals surface area contributed by atoms with Crippen molar-refractivity contribution in [3.05, 3.63) is 59.7 Å². The standard InChI is InChI=1S/C14H12N2O6S2/c17-23(18,19)13-7-3-1-5-11(13)9-15-16-10-12-6-2-4-8-14(12)24(20,21)22/h1-10H,(H,17,18,19)(H,20,21,22)/b15-9-,16-10+. The second-order valence-electron chi connectivity index (χ2n) is 4.51. The number of nitrogens with zero attached hydrogens (tertiary/aromatic N) is 2. The topological polar surface area (TPSA) is 133 Å². The first kappa shape index (κ1) is 17.9. The summed E-state index contributed by atoms with van der Waals surface area (Å²) in [5, 5.41) is 7.25. The van der Waals surface area contributed by atoms with Gasteiger partial charge in [-0.2, -0.15) is 27.0 Å². The molecule has 2 aromatic rings. The van der Waals surface area contributed by atoms with Crippen LogP contribution >= 0.6 is 0 Å². The molecule has 0 amide bonds. The first-order chi connectivity index (χ1) is 11.2. The van der Waals surface area contributed by atoms with Crippen LogP contribution in [0.25, 0.3) is 0 Å². The number of hydrogen-bond donors (Lipinski definition) is 2. The van der Waals surface area contributed by atoms with Crippen molar-refractivity contribution in [3.8, 4) is 0 Å². The SMILES string of the molecule is O=S(=O)(O)c1ccccc1/C=N\N=C\c1ccccc1S(=O)(=O)O. The highest BCUT2D eigenvalue weighted by Crippen LogP contribution is 2.14. The zero-order valence-corrected chi connectivity index (χ0v) is 13.6. The molecule has 0 saturated carbocycles. The molecule has 2 aromatic carbocycles. The summed E-state index contributed by atoms with van der Waals surface area (Å²) in [5.41, 5.74) is 0.223. The zero-order chi connectivity index (χ0) is 17.8. The Balaban J connectivity index is 2.31. The average molecular weight is 368 g/mol. The molecule has 0 atom stereocenters. The molecule has 0 saturated heterocycles. The van der Waals surface area contributed by atoms with Gasteiger partial charge in [0.05, 0.1) is 12.4 Å². The maximum Gasteiger partial charge on any atom is 0.295 e. The molecule has 0 unspecified atom stereocenters. The first-order valence-corrected chi connectivity index (χ1v) is 9.27. The van der Waals surface area contributed by atoms with Crippen LogP contribution < -0.4 is 0 Å². The third-order valence-electron chi connectivity index (χ3n) is 2.85. The van der Waals surface area contributed by atoms with Gasteiger partial charge in [-0.3, -0.25) is 9.11 Å². The van der Waals surface area contributed by atoms with E-state index >= 15 is 0 Å². The van der Waals surface area contributed by atoms with Gasteiger partial charge in [0.25, 0.3) is 20.2 Å². The third kappa shape index (κ3) is 4.55. The maximum atomic E-state index is 11.2. The van der Waals surface area contributed by atoms with Gasteiger partial charge in [-0.15, -0.1) is 0 Å². The van der Waals surface area contributed by atoms with E-state index in [1.54, 1.807) is 12.1 Å². The summed E-state index contributed by atoms with van der Waals surface area (Å²) in [6.45, 7) is 0. The molecule has 8 nitrogen and oxygen atoms in total. The van der Waals surface area contributed by atoms with Crippen LogP contribution in [0.1, 0.15) is 11.1 Å². The van der Waals surface area contributed by atoms with E-state index in [9.17, 15) is 16.8 Å². The van der Waals surface area contributed by atoms with Crippen LogP contribution in [-0.4, -0.2) is 38.4 Å². The minimum Gasteiger partial charge on any atom is -0.282 e. The van der Waals surface area contributed by atoms with E-state index in [1.165, 1.54) is 36.4 Å². The largest absolute Gasteiger partial charge is 0.295 e. The van der Waals surface area contributed by atoms with Crippen molar-refractivity contribution in [1.29, 1.82) is 0 Å². The molecule has 0 bridgehead atoms. The van der Waals surface area contributed by atoms with Crippen molar-refractivity contribution in [3.63, 3.8) is 0 Å². The Bertz CT molecular complexity index is 928. The smallest absolute Gasteiger partial charge is 0.282 e. The Hall–Kier alpha value is -2.40. The van der Waals surface area contributed by atoms with Crippen molar-refractivity contribution >= 4 is 32.7 Å². The van der Waals surface area contributed by atoms with Crippen LogP contribution in [-0.2, 0) is 20.2 Å². The van der Waals surface area contributed by atoms with Crippen LogP contribution in [0.4, 0.5) is 0 Å². The summed E-state index contributed by atoms with van der Waals surface area (Å²) in [5.74, 6) is 0. The normalized spacial score (nSPS) is 12.9. The molecule has 0 aromatic heterocycles. The summed E-state index contributed by atoms with van der Waals surface area (Å²) < 4.78 is 63.1. The van der Waals surface area contributed by atoms with E-state index in [-0.39, 0.29) is 20.9 Å². The predicted molar refractivity (Wildman–Crippen MR) is 87.7 cm³/mol. The van der Waals surface area contributed by atoms with E-state index in [0.29, 0.717) is 0 Å². The van der Waals surface area contributed by atoms with Crippen molar-refractivity contribution < 1.29 is 25.9 Å². The van der Waals surface area contributed by atoms with Gasteiger partial charge < -0.3 is 0 Å². The van der Waals surface area contributed by atoms with Gasteiger partial charge in [-0.1, -0.05) is 36.4 Å². The van der Waals surface area contributed by atoms with Gasteiger partial charge in [0.1, 0.15) is 9.79 Å². The highest BCUT2D eigenvalue weighted by Gasteiger charge is 2.14. The Morgan fingerprint density at radius 3 is 1.33 bits per heavy atom. The molecule has 0 aliphatic carbocycles. The highest BCUT2D eigenvalue weighted by atomic mass is 32.2. The Morgan fingerprint density at radius 1 is 0.667 bits per heavy atom. The summed E-state index contributed by atoms with van der Waals surface area (Å²) in [4.78, 5) is -0.662. The fourth-order valence-electron chi connectivity index (χ4n) is 1.84. The molecule has 0 spiro atoms. The summed E-state index contributed by atoms with van der Waals surface area (Å²) in [6.07, 6.45) is 2.19. The first-order valence-electron chi connectivity index (χ1n) is 6.39. The lowest BCUT2D eigenvalue weighted by molar-refractivity contribution is 0.481. The lowest BCUT2D eigenvalue weighted by Gasteiger charge is -2.01. The molecule has 0 aliphatic heterocycles. The van der Waals surface area contributed by atoms with Crippen LogP contribution in [0.5, 0.6) is 0 Å². The fraction of sp³-hybridized carbons (Fsp3) is 0. The van der Waals surface area contributed by atoms with E-state index in [2.05, 4.69) is 10.2 Å². The van der Waals surface area contributed by atoms with Gasteiger partial charge >= 0.3 is 0 Å². The molecule has 0 heterocycles. The summed E-state index contributed by atoms with van der Waals surface area (Å²) in [6, 6.07) is 11.2. The quantitative estimate of drug-likeness (QED) is 0.468. The molecule has 10 heteroatoms. The Morgan fingerprint density at radius 2 is 1.00 bits per heavy atom. The van der Waals surface area contributed by atoms with Crippen molar-refractivity contribution in [1.82, 2.24) is 0 Å². The van der Waals surface area contributed by atoms with Crippen molar-refractivity contribution in [2.45, 2.75) is 9.79 Å². The third-order valence-corrected chi connectivity index (χ3v) is 4.71. The van der Waals surface area contributed by atoms with Gasteiger partial charge in [-0.25, -0.2) is 0 Å². The lowest BCUT2D eigenvalue weighted by Crippen LogP contribution is -2.02.